The topological polar surface area (TPSA) is 144 Å². The average Bonchev–Trinajstić information content (AvgIpc) is 3.20. The van der Waals surface area contributed by atoms with Crippen LogP contribution in [0.4, 0.5) is 5.82 Å². The van der Waals surface area contributed by atoms with Crippen molar-refractivity contribution in [1.29, 1.82) is 0 Å². The van der Waals surface area contributed by atoms with Gasteiger partial charge in [0.05, 0.1) is 23.7 Å². The van der Waals surface area contributed by atoms with Gasteiger partial charge < -0.3 is 30.4 Å². The van der Waals surface area contributed by atoms with Gasteiger partial charge in [-0.1, -0.05) is 20.8 Å². The van der Waals surface area contributed by atoms with Crippen LogP contribution < -0.4 is 5.73 Å². The maximum absolute atomic E-state index is 11.4. The summed E-state index contributed by atoms with van der Waals surface area (Å²) in [6.45, 7) is 5.92. The Morgan fingerprint density at radius 2 is 2.04 bits per heavy atom. The van der Waals surface area contributed by atoms with E-state index >= 15 is 0 Å². The zero-order chi connectivity index (χ0) is 19.1. The van der Waals surface area contributed by atoms with E-state index in [1.54, 1.807) is 4.57 Å². The Morgan fingerprint density at radius 1 is 1.40 bits per heavy atom. The number of anilines is 1. The summed E-state index contributed by atoms with van der Waals surface area (Å²) in [7, 11) is 1.00. The van der Waals surface area contributed by atoms with Gasteiger partial charge in [-0.25, -0.2) is 14.8 Å². The molecule has 0 radical (unpaired) electrons. The third kappa shape index (κ3) is 4.06. The van der Waals surface area contributed by atoms with Crippen LogP contribution in [0.2, 0.25) is 0 Å². The lowest BCUT2D eigenvalue weighted by atomic mass is 10.1. The number of carbonyl (C=O) groups is 1. The molecule has 1 aliphatic heterocycles. The van der Waals surface area contributed by atoms with Gasteiger partial charge in [-0.15, -0.1) is 0 Å². The van der Waals surface area contributed by atoms with E-state index in [1.807, 2.05) is 20.8 Å². The Kier molecular flexibility index (Phi) is 7.75. The summed E-state index contributed by atoms with van der Waals surface area (Å²) >= 11 is 0. The quantitative estimate of drug-likeness (QED) is 0.645. The molecule has 25 heavy (non-hydrogen) atoms. The Morgan fingerprint density at radius 3 is 2.56 bits per heavy atom. The minimum Gasteiger partial charge on any atom is -0.478 e. The number of carboxylic acids is 1. The lowest BCUT2D eigenvalue weighted by Gasteiger charge is -2.18. The highest BCUT2D eigenvalue weighted by atomic mass is 16.5. The SMILES string of the molecule is CC.CO.C[C@H]1CC(CO)O[C@H]1n1cc(C(=O)O)c2c(N)ncnc21. The monoisotopic (exact) mass is 354 g/mol. The third-order valence-corrected chi connectivity index (χ3v) is 3.80. The van der Waals surface area contributed by atoms with Crippen LogP contribution in [0.15, 0.2) is 12.5 Å². The molecule has 9 nitrogen and oxygen atoms in total. The normalized spacial score (nSPS) is 21.9. The summed E-state index contributed by atoms with van der Waals surface area (Å²) < 4.78 is 7.43. The molecule has 1 saturated heterocycles. The predicted octanol–water partition coefficient (Wildman–Crippen LogP) is 1.26. The third-order valence-electron chi connectivity index (χ3n) is 3.80. The molecule has 5 N–H and O–H groups in total. The van der Waals surface area contributed by atoms with Gasteiger partial charge in [0.15, 0.2) is 0 Å². The molecule has 1 fully saturated rings. The van der Waals surface area contributed by atoms with Crippen molar-refractivity contribution < 1.29 is 24.9 Å². The van der Waals surface area contributed by atoms with Gasteiger partial charge in [0.1, 0.15) is 24.0 Å². The smallest absolute Gasteiger partial charge is 0.338 e. The largest absolute Gasteiger partial charge is 0.478 e. The molecule has 0 amide bonds. The maximum Gasteiger partial charge on any atom is 0.338 e. The Labute approximate surface area is 146 Å². The summed E-state index contributed by atoms with van der Waals surface area (Å²) in [5, 5.41) is 25.9. The number of rotatable bonds is 3. The van der Waals surface area contributed by atoms with Crippen LogP contribution in [0.3, 0.4) is 0 Å². The maximum atomic E-state index is 11.4. The molecule has 0 saturated carbocycles. The number of hydrogen-bond donors (Lipinski definition) is 4. The highest BCUT2D eigenvalue weighted by Crippen LogP contribution is 2.37. The first-order valence-electron chi connectivity index (χ1n) is 8.08. The van der Waals surface area contributed by atoms with E-state index in [1.165, 1.54) is 12.5 Å². The first-order chi connectivity index (χ1) is 12.0. The summed E-state index contributed by atoms with van der Waals surface area (Å²) in [6, 6.07) is 0. The molecule has 3 rings (SSSR count). The number of hydrogen-bond acceptors (Lipinski definition) is 7. The number of nitrogens with zero attached hydrogens (tertiary/aromatic N) is 3. The van der Waals surface area contributed by atoms with Crippen molar-refractivity contribution in [2.75, 3.05) is 19.5 Å². The highest BCUT2D eigenvalue weighted by Gasteiger charge is 2.35. The van der Waals surface area contributed by atoms with Crippen molar-refractivity contribution in [3.63, 3.8) is 0 Å². The molecule has 3 heterocycles. The molecule has 3 atom stereocenters. The Balaban J connectivity index is 0.000000730. The minimum atomic E-state index is -1.09. The van der Waals surface area contributed by atoms with Crippen molar-refractivity contribution in [3.8, 4) is 0 Å². The summed E-state index contributed by atoms with van der Waals surface area (Å²) in [5.74, 6) is -0.847. The van der Waals surface area contributed by atoms with Crippen molar-refractivity contribution in [2.45, 2.75) is 39.5 Å². The van der Waals surface area contributed by atoms with Crippen molar-refractivity contribution in [2.24, 2.45) is 5.92 Å². The second-order valence-electron chi connectivity index (χ2n) is 5.26. The molecule has 0 bridgehead atoms. The average molecular weight is 354 g/mol. The van der Waals surface area contributed by atoms with Gasteiger partial charge in [-0.2, -0.15) is 0 Å². The Hall–Kier alpha value is -2.23. The van der Waals surface area contributed by atoms with E-state index in [2.05, 4.69) is 9.97 Å². The molecule has 1 unspecified atom stereocenters. The van der Waals surface area contributed by atoms with Crippen LogP contribution >= 0.6 is 0 Å². The number of nitrogens with two attached hydrogens (primary N) is 1. The second-order valence-corrected chi connectivity index (χ2v) is 5.26. The van der Waals surface area contributed by atoms with Crippen LogP contribution in [0.25, 0.3) is 11.0 Å². The number of ether oxygens (including phenoxy) is 1. The molecular weight excluding hydrogens is 328 g/mol. The first kappa shape index (κ1) is 20.8. The van der Waals surface area contributed by atoms with Gasteiger partial charge in [-0.3, -0.25) is 0 Å². The molecule has 1 aliphatic rings. The van der Waals surface area contributed by atoms with Gasteiger partial charge in [0.25, 0.3) is 0 Å². The molecule has 9 heteroatoms. The molecule has 0 spiro atoms. The number of aromatic nitrogens is 3. The number of carboxylic acid groups (broad SMARTS) is 1. The molecule has 0 aromatic carbocycles. The van der Waals surface area contributed by atoms with Crippen LogP contribution in [0, 0.1) is 5.92 Å². The fourth-order valence-corrected chi connectivity index (χ4v) is 2.84. The van der Waals surface area contributed by atoms with E-state index < -0.39 is 5.97 Å². The molecule has 2 aromatic heterocycles. The number of aromatic carboxylic acids is 1. The van der Waals surface area contributed by atoms with Gasteiger partial charge >= 0.3 is 5.97 Å². The number of nitrogen functional groups attached to an aromatic ring is 1. The van der Waals surface area contributed by atoms with E-state index in [4.69, 9.17) is 15.6 Å². The van der Waals surface area contributed by atoms with Crippen molar-refractivity contribution >= 4 is 22.8 Å². The van der Waals surface area contributed by atoms with Gasteiger partial charge in [0.2, 0.25) is 0 Å². The fraction of sp³-hybridized carbons (Fsp3) is 0.562. The summed E-state index contributed by atoms with van der Waals surface area (Å²) in [5.41, 5.74) is 6.26. The standard InChI is InChI=1S/C13H16N4O4.C2H6.CH4O/c1-6-2-7(4-18)21-12(6)17-3-8(13(19)20)9-10(14)15-5-16-11(9)17;2*1-2/h3,5-7,12,18H,2,4H2,1H3,(H,19,20)(H2,14,15,16);1-2H3;2H,1H3/t6-,7?,12+;;/m0../s1. The lowest BCUT2D eigenvalue weighted by Crippen LogP contribution is -2.15. The first-order valence-corrected chi connectivity index (χ1v) is 8.08. The number of fused-ring (bicyclic) bond motifs is 1. The lowest BCUT2D eigenvalue weighted by molar-refractivity contribution is -0.0292. The van der Waals surface area contributed by atoms with Crippen LogP contribution in [0.5, 0.6) is 0 Å². The summed E-state index contributed by atoms with van der Waals surface area (Å²) in [6.07, 6.45) is 2.83. The van der Waals surface area contributed by atoms with Crippen LogP contribution in [-0.4, -0.2) is 55.6 Å². The van der Waals surface area contributed by atoms with E-state index in [9.17, 15) is 15.0 Å². The van der Waals surface area contributed by atoms with Gasteiger partial charge in [-0.05, 0) is 6.42 Å². The van der Waals surface area contributed by atoms with Crippen molar-refractivity contribution in [3.05, 3.63) is 18.1 Å². The zero-order valence-corrected chi connectivity index (χ0v) is 14.9. The van der Waals surface area contributed by atoms with E-state index in [0.29, 0.717) is 17.5 Å². The van der Waals surface area contributed by atoms with Crippen LogP contribution in [-0.2, 0) is 4.74 Å². The molecular formula is C16H26N4O5. The Bertz CT molecular complexity index is 703. The van der Waals surface area contributed by atoms with E-state index in [0.717, 1.165) is 7.11 Å². The number of aliphatic hydroxyl groups is 2. The van der Waals surface area contributed by atoms with Gasteiger partial charge in [0, 0.05) is 19.2 Å². The van der Waals surface area contributed by atoms with E-state index in [-0.39, 0.29) is 36.2 Å². The fourth-order valence-electron chi connectivity index (χ4n) is 2.84. The second kappa shape index (κ2) is 9.30. The minimum absolute atomic E-state index is 0.0475. The number of aliphatic hydroxyl groups excluding tert-OH is 2. The molecule has 2 aromatic rings. The predicted molar refractivity (Wildman–Crippen MR) is 93.2 cm³/mol. The van der Waals surface area contributed by atoms with Crippen molar-refractivity contribution in [1.82, 2.24) is 14.5 Å². The van der Waals surface area contributed by atoms with Crippen LogP contribution in [0.1, 0.15) is 43.8 Å². The zero-order valence-electron chi connectivity index (χ0n) is 14.9. The highest BCUT2D eigenvalue weighted by molar-refractivity contribution is 6.06. The molecule has 140 valence electrons. The summed E-state index contributed by atoms with van der Waals surface area (Å²) in [4.78, 5) is 19.4. The molecule has 0 aliphatic carbocycles.